The third kappa shape index (κ3) is 5.08. The molecule has 3 aromatic carbocycles. The first-order valence-corrected chi connectivity index (χ1v) is 11.6. The van der Waals surface area contributed by atoms with Crippen molar-refractivity contribution in [2.45, 2.75) is 33.1 Å². The van der Waals surface area contributed by atoms with Crippen molar-refractivity contribution < 1.29 is 4.74 Å². The molecule has 0 radical (unpaired) electrons. The smallest absolute Gasteiger partial charge is 0.119 e. The maximum absolute atomic E-state index is 6.03. The molecule has 0 unspecified atom stereocenters. The van der Waals surface area contributed by atoms with Gasteiger partial charge in [0.1, 0.15) is 12.4 Å². The standard InChI is InChI=1S/C29H33NO/c1-3-30(4-2)21-22-31-26-19-17-25(18-20-26)29-27-15-9-8-13-24(27)14-10-16-28(29)23-11-6-5-7-12-23/h5-9,11-13,15,17-20H,3-4,10,14,16,21-22H2,1-2H3. The van der Waals surface area contributed by atoms with Gasteiger partial charge in [0.25, 0.3) is 0 Å². The second-order valence-corrected chi connectivity index (χ2v) is 8.13. The molecule has 0 fully saturated rings. The molecule has 0 aromatic heterocycles. The molecular formula is C29H33NO. The van der Waals surface area contributed by atoms with Crippen molar-refractivity contribution in [1.82, 2.24) is 4.90 Å². The Hall–Kier alpha value is -2.84. The molecule has 2 nitrogen and oxygen atoms in total. The number of likely N-dealkylation sites (N-methyl/N-ethyl adjacent to an activating group) is 1. The highest BCUT2D eigenvalue weighted by Crippen LogP contribution is 2.39. The van der Waals surface area contributed by atoms with Gasteiger partial charge in [-0.05, 0) is 77.9 Å². The van der Waals surface area contributed by atoms with Gasteiger partial charge in [-0.3, -0.25) is 0 Å². The van der Waals surface area contributed by atoms with Gasteiger partial charge in [-0.2, -0.15) is 0 Å². The Bertz CT molecular complexity index is 1000. The van der Waals surface area contributed by atoms with Crippen LogP contribution in [0.1, 0.15) is 48.9 Å². The van der Waals surface area contributed by atoms with Crippen LogP contribution >= 0.6 is 0 Å². The van der Waals surface area contributed by atoms with Crippen LogP contribution in [-0.2, 0) is 6.42 Å². The average Bonchev–Trinajstić information content (AvgIpc) is 3.03. The van der Waals surface area contributed by atoms with Crippen LogP contribution in [0, 0.1) is 0 Å². The maximum atomic E-state index is 6.03. The lowest BCUT2D eigenvalue weighted by Gasteiger charge is -2.19. The summed E-state index contributed by atoms with van der Waals surface area (Å²) >= 11 is 0. The summed E-state index contributed by atoms with van der Waals surface area (Å²) in [5, 5.41) is 0. The van der Waals surface area contributed by atoms with E-state index in [-0.39, 0.29) is 0 Å². The van der Waals surface area contributed by atoms with Gasteiger partial charge < -0.3 is 9.64 Å². The van der Waals surface area contributed by atoms with Gasteiger partial charge in [-0.15, -0.1) is 0 Å². The number of nitrogens with zero attached hydrogens (tertiary/aromatic N) is 1. The van der Waals surface area contributed by atoms with E-state index in [1.807, 2.05) is 0 Å². The molecule has 0 amide bonds. The van der Waals surface area contributed by atoms with E-state index in [0.717, 1.165) is 44.8 Å². The normalized spacial score (nSPS) is 13.8. The van der Waals surface area contributed by atoms with Crippen molar-refractivity contribution in [2.75, 3.05) is 26.2 Å². The SMILES string of the molecule is CCN(CC)CCOc1ccc(C2=C(c3ccccc3)CCCc3ccccc32)cc1. The lowest BCUT2D eigenvalue weighted by molar-refractivity contribution is 0.223. The summed E-state index contributed by atoms with van der Waals surface area (Å²) in [5.41, 5.74) is 8.23. The molecule has 0 heterocycles. The van der Waals surface area contributed by atoms with Crippen molar-refractivity contribution in [1.29, 1.82) is 0 Å². The number of fused-ring (bicyclic) bond motifs is 1. The molecule has 31 heavy (non-hydrogen) atoms. The van der Waals surface area contributed by atoms with E-state index in [2.05, 4.69) is 97.6 Å². The van der Waals surface area contributed by atoms with Crippen molar-refractivity contribution in [2.24, 2.45) is 0 Å². The summed E-state index contributed by atoms with van der Waals surface area (Å²) in [7, 11) is 0. The summed E-state index contributed by atoms with van der Waals surface area (Å²) in [5.74, 6) is 0.944. The van der Waals surface area contributed by atoms with Crippen LogP contribution in [0.25, 0.3) is 11.1 Å². The highest BCUT2D eigenvalue weighted by molar-refractivity contribution is 5.99. The average molecular weight is 412 g/mol. The molecule has 0 atom stereocenters. The molecular weight excluding hydrogens is 378 g/mol. The lowest BCUT2D eigenvalue weighted by Crippen LogP contribution is -2.27. The molecule has 0 aliphatic heterocycles. The van der Waals surface area contributed by atoms with Gasteiger partial charge in [-0.1, -0.05) is 80.6 Å². The number of hydrogen-bond acceptors (Lipinski definition) is 2. The van der Waals surface area contributed by atoms with Crippen LogP contribution in [0.2, 0.25) is 0 Å². The van der Waals surface area contributed by atoms with E-state index >= 15 is 0 Å². The molecule has 2 heteroatoms. The largest absolute Gasteiger partial charge is 0.492 e. The molecule has 0 spiro atoms. The van der Waals surface area contributed by atoms with E-state index < -0.39 is 0 Å². The monoisotopic (exact) mass is 411 g/mol. The third-order valence-corrected chi connectivity index (χ3v) is 6.30. The summed E-state index contributed by atoms with van der Waals surface area (Å²) in [6.07, 6.45) is 3.40. The fourth-order valence-electron chi connectivity index (χ4n) is 4.53. The minimum absolute atomic E-state index is 0.724. The molecule has 4 rings (SSSR count). The lowest BCUT2D eigenvalue weighted by atomic mass is 9.88. The zero-order valence-corrected chi connectivity index (χ0v) is 18.8. The Labute approximate surface area is 187 Å². The predicted molar refractivity (Wildman–Crippen MR) is 131 cm³/mol. The minimum Gasteiger partial charge on any atom is -0.492 e. The van der Waals surface area contributed by atoms with E-state index in [4.69, 9.17) is 4.74 Å². The number of benzene rings is 3. The number of hydrogen-bond donors (Lipinski definition) is 0. The van der Waals surface area contributed by atoms with E-state index in [1.165, 1.54) is 39.8 Å². The van der Waals surface area contributed by atoms with Gasteiger partial charge in [-0.25, -0.2) is 0 Å². The number of ether oxygens (including phenoxy) is 1. The fraction of sp³-hybridized carbons (Fsp3) is 0.310. The Balaban J connectivity index is 1.66. The molecule has 0 saturated carbocycles. The second-order valence-electron chi connectivity index (χ2n) is 8.13. The second kappa shape index (κ2) is 10.5. The predicted octanol–water partition coefficient (Wildman–Crippen LogP) is 6.70. The van der Waals surface area contributed by atoms with E-state index in [9.17, 15) is 0 Å². The van der Waals surface area contributed by atoms with Crippen LogP contribution in [0.5, 0.6) is 5.75 Å². The van der Waals surface area contributed by atoms with Crippen LogP contribution < -0.4 is 4.74 Å². The van der Waals surface area contributed by atoms with Gasteiger partial charge in [0.2, 0.25) is 0 Å². The Morgan fingerprint density at radius 3 is 2.19 bits per heavy atom. The van der Waals surface area contributed by atoms with Gasteiger partial charge in [0.15, 0.2) is 0 Å². The first kappa shape index (κ1) is 21.4. The Morgan fingerprint density at radius 1 is 0.742 bits per heavy atom. The van der Waals surface area contributed by atoms with Gasteiger partial charge in [0, 0.05) is 6.54 Å². The van der Waals surface area contributed by atoms with Crippen molar-refractivity contribution >= 4 is 11.1 Å². The zero-order valence-electron chi connectivity index (χ0n) is 18.8. The quantitative estimate of drug-likeness (QED) is 0.409. The fourth-order valence-corrected chi connectivity index (χ4v) is 4.53. The van der Waals surface area contributed by atoms with Crippen molar-refractivity contribution in [3.8, 4) is 5.75 Å². The molecule has 3 aromatic rings. The first-order valence-electron chi connectivity index (χ1n) is 11.6. The molecule has 0 bridgehead atoms. The number of aryl methyl sites for hydroxylation is 1. The zero-order chi connectivity index (χ0) is 21.5. The van der Waals surface area contributed by atoms with Gasteiger partial charge >= 0.3 is 0 Å². The maximum Gasteiger partial charge on any atom is 0.119 e. The van der Waals surface area contributed by atoms with Crippen LogP contribution in [-0.4, -0.2) is 31.1 Å². The number of rotatable bonds is 8. The van der Waals surface area contributed by atoms with Crippen LogP contribution in [0.4, 0.5) is 0 Å². The summed E-state index contributed by atoms with van der Waals surface area (Å²) < 4.78 is 6.03. The highest BCUT2D eigenvalue weighted by Gasteiger charge is 2.19. The van der Waals surface area contributed by atoms with E-state index in [0.29, 0.717) is 0 Å². The highest BCUT2D eigenvalue weighted by atomic mass is 16.5. The molecule has 0 N–H and O–H groups in total. The summed E-state index contributed by atoms with van der Waals surface area (Å²) in [6, 6.07) is 28.5. The van der Waals surface area contributed by atoms with Crippen LogP contribution in [0.3, 0.4) is 0 Å². The van der Waals surface area contributed by atoms with Crippen LogP contribution in [0.15, 0.2) is 78.9 Å². The number of allylic oxidation sites excluding steroid dienone is 1. The molecule has 160 valence electrons. The van der Waals surface area contributed by atoms with Crippen molar-refractivity contribution in [3.63, 3.8) is 0 Å². The molecule has 1 aliphatic rings. The van der Waals surface area contributed by atoms with Gasteiger partial charge in [0.05, 0.1) is 0 Å². The molecule has 1 aliphatic carbocycles. The summed E-state index contributed by atoms with van der Waals surface area (Å²) in [6.45, 7) is 8.21. The van der Waals surface area contributed by atoms with Crippen molar-refractivity contribution in [3.05, 3.63) is 101 Å². The topological polar surface area (TPSA) is 12.5 Å². The summed E-state index contributed by atoms with van der Waals surface area (Å²) in [4.78, 5) is 2.38. The first-order chi connectivity index (χ1) is 15.3. The Morgan fingerprint density at radius 2 is 1.45 bits per heavy atom. The Kier molecular flexibility index (Phi) is 7.22. The molecule has 0 saturated heterocycles. The third-order valence-electron chi connectivity index (χ3n) is 6.30. The minimum atomic E-state index is 0.724. The van der Waals surface area contributed by atoms with E-state index in [1.54, 1.807) is 0 Å².